The number of aromatic nitrogens is 2. The summed E-state index contributed by atoms with van der Waals surface area (Å²) in [6.45, 7) is 0.355. The minimum absolute atomic E-state index is 0.355. The summed E-state index contributed by atoms with van der Waals surface area (Å²) in [6, 6.07) is 1.67. The van der Waals surface area contributed by atoms with Gasteiger partial charge in [0.1, 0.15) is 6.61 Å². The molecule has 0 atom stereocenters. The van der Waals surface area contributed by atoms with Crippen LogP contribution in [0.15, 0.2) is 6.07 Å². The molecule has 0 aliphatic heterocycles. The van der Waals surface area contributed by atoms with Crippen LogP contribution in [0.4, 0.5) is 0 Å². The Morgan fingerprint density at radius 3 is 2.77 bits per heavy atom. The van der Waals surface area contributed by atoms with Crippen LogP contribution in [0.1, 0.15) is 11.5 Å². The average Bonchev–Trinajstić information content (AvgIpc) is 2.17. The van der Waals surface area contributed by atoms with Gasteiger partial charge in [-0.1, -0.05) is 12.2 Å². The van der Waals surface area contributed by atoms with Crippen LogP contribution in [0.2, 0.25) is 0 Å². The van der Waals surface area contributed by atoms with Crippen LogP contribution in [0.25, 0.3) is 0 Å². The van der Waals surface area contributed by atoms with E-state index < -0.39 is 0 Å². The van der Waals surface area contributed by atoms with Crippen molar-refractivity contribution in [1.29, 1.82) is 0 Å². The smallest absolute Gasteiger partial charge is 0.216 e. The third kappa shape index (κ3) is 2.71. The molecule has 1 rings (SSSR count). The number of nitrogens with zero attached hydrogens (tertiary/aromatic N) is 2. The summed E-state index contributed by atoms with van der Waals surface area (Å²) in [5.41, 5.74) is 0.661. The first-order valence-electron chi connectivity index (χ1n) is 3.66. The van der Waals surface area contributed by atoms with Crippen LogP contribution in [-0.4, -0.2) is 29.6 Å². The van der Waals surface area contributed by atoms with Gasteiger partial charge >= 0.3 is 0 Å². The van der Waals surface area contributed by atoms with E-state index in [-0.39, 0.29) is 0 Å². The van der Waals surface area contributed by atoms with Crippen LogP contribution in [0.3, 0.4) is 0 Å². The predicted octanol–water partition coefficient (Wildman–Crippen LogP) is 0.979. The Kier molecular flexibility index (Phi) is 3.72. The topological polar surface area (TPSA) is 44.2 Å². The monoisotopic (exact) mass is 198 g/mol. The molecule has 0 aliphatic rings. The Balaban J connectivity index is 2.99. The standard InChI is InChI=1S/C8H10N2O2S/c1-11-4-7-9-6(5-13)3-8(10-7)12-2/h3,5H,4H2,1-2H3. The van der Waals surface area contributed by atoms with Gasteiger partial charge in [0.25, 0.3) is 0 Å². The largest absolute Gasteiger partial charge is 0.481 e. The first-order valence-corrected chi connectivity index (χ1v) is 4.13. The van der Waals surface area contributed by atoms with E-state index in [0.29, 0.717) is 24.0 Å². The Morgan fingerprint density at radius 1 is 1.46 bits per heavy atom. The van der Waals surface area contributed by atoms with E-state index in [1.54, 1.807) is 20.3 Å². The van der Waals surface area contributed by atoms with Gasteiger partial charge in [0.2, 0.25) is 5.88 Å². The Bertz CT molecular complexity index is 304. The number of hydrogen-bond acceptors (Lipinski definition) is 5. The molecule has 0 N–H and O–H groups in total. The van der Waals surface area contributed by atoms with E-state index in [9.17, 15) is 0 Å². The number of rotatable bonds is 4. The molecule has 1 aromatic rings. The molecule has 13 heavy (non-hydrogen) atoms. The zero-order valence-corrected chi connectivity index (χ0v) is 8.30. The molecule has 0 unspecified atom stereocenters. The minimum Gasteiger partial charge on any atom is -0.481 e. The van der Waals surface area contributed by atoms with Crippen molar-refractivity contribution in [3.63, 3.8) is 0 Å². The van der Waals surface area contributed by atoms with Crippen molar-refractivity contribution in [1.82, 2.24) is 9.97 Å². The van der Waals surface area contributed by atoms with Crippen molar-refractivity contribution < 1.29 is 9.47 Å². The van der Waals surface area contributed by atoms with Gasteiger partial charge in [-0.3, -0.25) is 0 Å². The molecule has 0 fully saturated rings. The molecular formula is C8H10N2O2S. The fraction of sp³-hybridized carbons (Fsp3) is 0.375. The third-order valence-electron chi connectivity index (χ3n) is 1.37. The van der Waals surface area contributed by atoms with Crippen molar-refractivity contribution >= 4 is 17.6 Å². The van der Waals surface area contributed by atoms with Gasteiger partial charge in [-0.25, -0.2) is 4.98 Å². The average molecular weight is 198 g/mol. The molecule has 0 saturated carbocycles. The fourth-order valence-corrected chi connectivity index (χ4v) is 0.972. The summed E-state index contributed by atoms with van der Waals surface area (Å²) >= 11 is 4.76. The molecule has 1 heterocycles. The van der Waals surface area contributed by atoms with Crippen LogP contribution < -0.4 is 4.74 Å². The van der Waals surface area contributed by atoms with E-state index >= 15 is 0 Å². The van der Waals surface area contributed by atoms with E-state index in [1.807, 2.05) is 0 Å². The van der Waals surface area contributed by atoms with Crippen LogP contribution >= 0.6 is 12.2 Å². The highest BCUT2D eigenvalue weighted by Gasteiger charge is 2.02. The van der Waals surface area contributed by atoms with E-state index in [0.717, 1.165) is 0 Å². The summed E-state index contributed by atoms with van der Waals surface area (Å²) in [4.78, 5) is 8.18. The highest BCUT2D eigenvalue weighted by atomic mass is 32.1. The molecule has 5 heteroatoms. The number of hydrogen-bond donors (Lipinski definition) is 0. The SMILES string of the molecule is COCc1nc(C=S)cc(OC)n1. The van der Waals surface area contributed by atoms with E-state index in [1.165, 1.54) is 5.37 Å². The lowest BCUT2D eigenvalue weighted by molar-refractivity contribution is 0.176. The Labute approximate surface area is 81.9 Å². The predicted molar refractivity (Wildman–Crippen MR) is 52.1 cm³/mol. The fourth-order valence-electron chi connectivity index (χ4n) is 0.851. The highest BCUT2D eigenvalue weighted by molar-refractivity contribution is 7.79. The van der Waals surface area contributed by atoms with Crippen LogP contribution in [0, 0.1) is 0 Å². The van der Waals surface area contributed by atoms with Crippen molar-refractivity contribution in [2.24, 2.45) is 0 Å². The van der Waals surface area contributed by atoms with Gasteiger partial charge in [0.15, 0.2) is 5.82 Å². The lowest BCUT2D eigenvalue weighted by atomic mass is 10.4. The van der Waals surface area contributed by atoms with E-state index in [2.05, 4.69) is 9.97 Å². The summed E-state index contributed by atoms with van der Waals surface area (Å²) in [5, 5.41) is 1.48. The molecule has 0 radical (unpaired) electrons. The van der Waals surface area contributed by atoms with Crippen molar-refractivity contribution in [2.45, 2.75) is 6.61 Å². The van der Waals surface area contributed by atoms with Gasteiger partial charge in [0, 0.05) is 18.5 Å². The summed E-state index contributed by atoms with van der Waals surface area (Å²) in [6.07, 6.45) is 0. The van der Waals surface area contributed by atoms with Crippen LogP contribution in [0.5, 0.6) is 5.88 Å². The first kappa shape index (κ1) is 10.0. The summed E-state index contributed by atoms with van der Waals surface area (Å²) < 4.78 is 9.87. The quantitative estimate of drug-likeness (QED) is 0.675. The molecule has 0 bridgehead atoms. The molecule has 1 aromatic heterocycles. The second kappa shape index (κ2) is 4.84. The van der Waals surface area contributed by atoms with Crippen molar-refractivity contribution in [2.75, 3.05) is 14.2 Å². The normalized spacial score (nSPS) is 9.69. The number of ether oxygens (including phenoxy) is 2. The second-order valence-electron chi connectivity index (χ2n) is 2.30. The number of thiocarbonyl (C=S) groups is 1. The Hall–Kier alpha value is -1.07. The van der Waals surface area contributed by atoms with Gasteiger partial charge in [-0.2, -0.15) is 4.98 Å². The third-order valence-corrected chi connectivity index (χ3v) is 1.61. The lowest BCUT2D eigenvalue weighted by Crippen LogP contribution is -2.02. The molecular weight excluding hydrogens is 188 g/mol. The summed E-state index contributed by atoms with van der Waals surface area (Å²) in [7, 11) is 3.13. The second-order valence-corrected chi connectivity index (χ2v) is 2.54. The highest BCUT2D eigenvalue weighted by Crippen LogP contribution is 2.07. The maximum Gasteiger partial charge on any atom is 0.216 e. The molecule has 0 aliphatic carbocycles. The maximum absolute atomic E-state index is 4.97. The zero-order chi connectivity index (χ0) is 9.68. The minimum atomic E-state index is 0.355. The molecule has 0 spiro atoms. The zero-order valence-electron chi connectivity index (χ0n) is 7.48. The maximum atomic E-state index is 4.97. The van der Waals surface area contributed by atoms with Crippen molar-refractivity contribution in [3.05, 3.63) is 17.6 Å². The Morgan fingerprint density at radius 2 is 2.23 bits per heavy atom. The van der Waals surface area contributed by atoms with Crippen molar-refractivity contribution in [3.8, 4) is 5.88 Å². The summed E-state index contributed by atoms with van der Waals surface area (Å²) in [5.74, 6) is 1.07. The molecule has 0 saturated heterocycles. The van der Waals surface area contributed by atoms with Gasteiger partial charge in [-0.05, 0) is 0 Å². The molecule has 0 amide bonds. The molecule has 70 valence electrons. The van der Waals surface area contributed by atoms with Gasteiger partial charge in [-0.15, -0.1) is 0 Å². The number of methoxy groups -OCH3 is 2. The molecule has 4 nitrogen and oxygen atoms in total. The molecule has 0 aromatic carbocycles. The first-order chi connectivity index (χ1) is 6.30. The van der Waals surface area contributed by atoms with Gasteiger partial charge < -0.3 is 9.47 Å². The van der Waals surface area contributed by atoms with Crippen LogP contribution in [-0.2, 0) is 11.3 Å². The lowest BCUT2D eigenvalue weighted by Gasteiger charge is -2.03. The van der Waals surface area contributed by atoms with Gasteiger partial charge in [0.05, 0.1) is 12.8 Å². The van der Waals surface area contributed by atoms with E-state index in [4.69, 9.17) is 21.7 Å².